The molecule has 0 aromatic heterocycles. The van der Waals surface area contributed by atoms with Crippen molar-refractivity contribution >= 4 is 11.8 Å². The molecule has 4 heteroatoms. The number of nitrogens with zero attached hydrogens (tertiary/aromatic N) is 1. The molecule has 2 aliphatic heterocycles. The van der Waals surface area contributed by atoms with Crippen molar-refractivity contribution in [3.05, 3.63) is 0 Å². The number of thioether (sulfide) groups is 1. The maximum absolute atomic E-state index is 6.09. The topological polar surface area (TPSA) is 38.5 Å². The van der Waals surface area contributed by atoms with Crippen molar-refractivity contribution in [3.63, 3.8) is 0 Å². The van der Waals surface area contributed by atoms with Crippen molar-refractivity contribution in [2.75, 3.05) is 37.7 Å². The number of ether oxygens (including phenoxy) is 1. The summed E-state index contributed by atoms with van der Waals surface area (Å²) in [5, 5.41) is 0. The highest BCUT2D eigenvalue weighted by Crippen LogP contribution is 2.36. The van der Waals surface area contributed by atoms with Crippen LogP contribution in [0.1, 0.15) is 26.7 Å². The summed E-state index contributed by atoms with van der Waals surface area (Å²) in [6.45, 7) is 8.39. The van der Waals surface area contributed by atoms with E-state index >= 15 is 0 Å². The van der Waals surface area contributed by atoms with Crippen molar-refractivity contribution in [3.8, 4) is 0 Å². The lowest BCUT2D eigenvalue weighted by molar-refractivity contribution is -0.116. The molecule has 0 spiro atoms. The molecule has 16 heavy (non-hydrogen) atoms. The van der Waals surface area contributed by atoms with Gasteiger partial charge in [-0.1, -0.05) is 0 Å². The standard InChI is InChI=1S/C12H24N2OS/c1-11(2)9-12(10-13,3-6-15-11)14-4-7-16-8-5-14/h3-10,13H2,1-2H3. The third-order valence-corrected chi connectivity index (χ3v) is 4.82. The van der Waals surface area contributed by atoms with E-state index in [0.29, 0.717) is 0 Å². The molecule has 3 nitrogen and oxygen atoms in total. The molecule has 0 saturated carbocycles. The summed E-state index contributed by atoms with van der Waals surface area (Å²) in [5.74, 6) is 2.51. The number of nitrogens with two attached hydrogens (primary N) is 1. The molecule has 2 aliphatic rings. The molecule has 0 aliphatic carbocycles. The fourth-order valence-electron chi connectivity index (χ4n) is 3.06. The molecule has 0 aromatic rings. The quantitative estimate of drug-likeness (QED) is 0.795. The van der Waals surface area contributed by atoms with Gasteiger partial charge in [-0.15, -0.1) is 0 Å². The van der Waals surface area contributed by atoms with E-state index in [1.807, 2.05) is 0 Å². The third kappa shape index (κ3) is 2.55. The Morgan fingerprint density at radius 1 is 1.31 bits per heavy atom. The van der Waals surface area contributed by atoms with Gasteiger partial charge in [0.05, 0.1) is 5.60 Å². The van der Waals surface area contributed by atoms with E-state index in [9.17, 15) is 0 Å². The van der Waals surface area contributed by atoms with Crippen molar-refractivity contribution in [1.29, 1.82) is 0 Å². The minimum atomic E-state index is -0.0117. The number of hydrogen-bond acceptors (Lipinski definition) is 4. The lowest BCUT2D eigenvalue weighted by atomic mass is 9.79. The monoisotopic (exact) mass is 244 g/mol. The number of hydrogen-bond donors (Lipinski definition) is 1. The van der Waals surface area contributed by atoms with E-state index in [2.05, 4.69) is 30.5 Å². The Morgan fingerprint density at radius 2 is 2.00 bits per heavy atom. The molecular formula is C12H24N2OS. The van der Waals surface area contributed by atoms with Gasteiger partial charge < -0.3 is 10.5 Å². The molecule has 0 radical (unpaired) electrons. The SMILES string of the molecule is CC1(C)CC(CN)(N2CCSCC2)CCO1. The zero-order valence-corrected chi connectivity index (χ0v) is 11.3. The Bertz CT molecular complexity index is 241. The minimum Gasteiger partial charge on any atom is -0.375 e. The highest BCUT2D eigenvalue weighted by Gasteiger charge is 2.44. The van der Waals surface area contributed by atoms with Gasteiger partial charge in [0.25, 0.3) is 0 Å². The van der Waals surface area contributed by atoms with Crippen LogP contribution >= 0.6 is 11.8 Å². The Kier molecular flexibility index (Phi) is 3.84. The first-order chi connectivity index (χ1) is 7.58. The summed E-state index contributed by atoms with van der Waals surface area (Å²) >= 11 is 2.06. The van der Waals surface area contributed by atoms with Gasteiger partial charge in [-0.05, 0) is 26.7 Å². The van der Waals surface area contributed by atoms with Gasteiger partial charge in [-0.2, -0.15) is 11.8 Å². The van der Waals surface area contributed by atoms with Crippen LogP contribution in [-0.2, 0) is 4.74 Å². The van der Waals surface area contributed by atoms with Crippen molar-refractivity contribution in [1.82, 2.24) is 4.90 Å². The first kappa shape index (κ1) is 12.7. The molecule has 0 aromatic carbocycles. The lowest BCUT2D eigenvalue weighted by Gasteiger charge is -2.51. The zero-order chi connectivity index (χ0) is 11.6. The van der Waals surface area contributed by atoms with Crippen LogP contribution in [0.25, 0.3) is 0 Å². The molecule has 2 rings (SSSR count). The van der Waals surface area contributed by atoms with E-state index in [1.165, 1.54) is 24.6 Å². The average molecular weight is 244 g/mol. The summed E-state index contributed by atoms with van der Waals surface area (Å²) in [5.41, 5.74) is 6.27. The van der Waals surface area contributed by atoms with Gasteiger partial charge in [0.15, 0.2) is 0 Å². The van der Waals surface area contributed by atoms with Gasteiger partial charge in [0.2, 0.25) is 0 Å². The zero-order valence-electron chi connectivity index (χ0n) is 10.5. The maximum Gasteiger partial charge on any atom is 0.0644 e. The second-order valence-electron chi connectivity index (χ2n) is 5.56. The van der Waals surface area contributed by atoms with Crippen LogP contribution in [0.3, 0.4) is 0 Å². The van der Waals surface area contributed by atoms with E-state index in [0.717, 1.165) is 26.0 Å². The largest absolute Gasteiger partial charge is 0.375 e. The molecule has 2 fully saturated rings. The van der Waals surface area contributed by atoms with Crippen LogP contribution in [0, 0.1) is 0 Å². The molecule has 0 bridgehead atoms. The molecule has 1 atom stereocenters. The molecular weight excluding hydrogens is 220 g/mol. The first-order valence-corrected chi connectivity index (χ1v) is 7.40. The van der Waals surface area contributed by atoms with Crippen molar-refractivity contribution in [2.24, 2.45) is 5.73 Å². The third-order valence-electron chi connectivity index (χ3n) is 3.88. The van der Waals surface area contributed by atoms with Gasteiger partial charge in [0, 0.05) is 43.3 Å². The minimum absolute atomic E-state index is 0.0117. The summed E-state index contributed by atoms with van der Waals surface area (Å²) in [6, 6.07) is 0. The summed E-state index contributed by atoms with van der Waals surface area (Å²) in [7, 11) is 0. The van der Waals surface area contributed by atoms with E-state index in [-0.39, 0.29) is 11.1 Å². The van der Waals surface area contributed by atoms with Crippen LogP contribution in [0.2, 0.25) is 0 Å². The average Bonchev–Trinajstić information content (AvgIpc) is 2.29. The first-order valence-electron chi connectivity index (χ1n) is 6.25. The van der Waals surface area contributed by atoms with Crippen molar-refractivity contribution < 1.29 is 4.74 Å². The van der Waals surface area contributed by atoms with Gasteiger partial charge in [0.1, 0.15) is 0 Å². The van der Waals surface area contributed by atoms with E-state index in [4.69, 9.17) is 10.5 Å². The lowest BCUT2D eigenvalue weighted by Crippen LogP contribution is -2.62. The van der Waals surface area contributed by atoms with Crippen LogP contribution in [0.4, 0.5) is 0 Å². The summed E-state index contributed by atoms with van der Waals surface area (Å²) in [4.78, 5) is 2.62. The predicted molar refractivity (Wildman–Crippen MR) is 69.9 cm³/mol. The molecule has 2 saturated heterocycles. The molecule has 94 valence electrons. The Balaban J connectivity index is 2.10. The van der Waals surface area contributed by atoms with Crippen LogP contribution in [0.5, 0.6) is 0 Å². The summed E-state index contributed by atoms with van der Waals surface area (Å²) < 4.78 is 5.83. The second kappa shape index (κ2) is 4.84. The van der Waals surface area contributed by atoms with Gasteiger partial charge >= 0.3 is 0 Å². The molecule has 0 amide bonds. The Morgan fingerprint density at radius 3 is 2.56 bits per heavy atom. The summed E-state index contributed by atoms with van der Waals surface area (Å²) in [6.07, 6.45) is 2.17. The molecule has 1 unspecified atom stereocenters. The molecule has 2 heterocycles. The predicted octanol–water partition coefficient (Wildman–Crippen LogP) is 1.32. The van der Waals surface area contributed by atoms with E-state index < -0.39 is 0 Å². The van der Waals surface area contributed by atoms with Gasteiger partial charge in [-0.25, -0.2) is 0 Å². The second-order valence-corrected chi connectivity index (χ2v) is 6.79. The normalized spacial score (nSPS) is 36.2. The highest BCUT2D eigenvalue weighted by molar-refractivity contribution is 7.99. The fourth-order valence-corrected chi connectivity index (χ4v) is 3.96. The highest BCUT2D eigenvalue weighted by atomic mass is 32.2. The van der Waals surface area contributed by atoms with Crippen LogP contribution in [-0.4, -0.2) is 53.8 Å². The maximum atomic E-state index is 6.09. The van der Waals surface area contributed by atoms with Gasteiger partial charge in [-0.3, -0.25) is 4.90 Å². The van der Waals surface area contributed by atoms with Crippen molar-refractivity contribution in [2.45, 2.75) is 37.8 Å². The Labute approximate surface area is 103 Å². The van der Waals surface area contributed by atoms with Crippen LogP contribution in [0.15, 0.2) is 0 Å². The number of rotatable bonds is 2. The fraction of sp³-hybridized carbons (Fsp3) is 1.00. The smallest absolute Gasteiger partial charge is 0.0644 e. The van der Waals surface area contributed by atoms with E-state index in [1.54, 1.807) is 0 Å². The Hall–Kier alpha value is 0.230. The van der Waals surface area contributed by atoms with Crippen LogP contribution < -0.4 is 5.73 Å². The molecule has 2 N–H and O–H groups in total.